The van der Waals surface area contributed by atoms with Gasteiger partial charge in [0.25, 0.3) is 5.91 Å². The topological polar surface area (TPSA) is 49.3 Å². The van der Waals surface area contributed by atoms with Gasteiger partial charge >= 0.3 is 0 Å². The van der Waals surface area contributed by atoms with Gasteiger partial charge in [-0.2, -0.15) is 0 Å². The zero-order valence-corrected chi connectivity index (χ0v) is 8.37. The van der Waals surface area contributed by atoms with E-state index in [1.165, 1.54) is 0 Å². The van der Waals surface area contributed by atoms with Crippen LogP contribution in [0.5, 0.6) is 0 Å². The largest absolute Gasteiger partial charge is 0.371 e. The third-order valence-electron chi connectivity index (χ3n) is 2.70. The summed E-state index contributed by atoms with van der Waals surface area (Å²) in [4.78, 5) is 11.7. The minimum atomic E-state index is -1.61. The highest BCUT2D eigenvalue weighted by Crippen LogP contribution is 2.39. The zero-order chi connectivity index (χ0) is 11.1. The lowest BCUT2D eigenvalue weighted by Gasteiger charge is -2.19. The molecule has 1 unspecified atom stereocenters. The first-order chi connectivity index (χ1) is 7.10. The summed E-state index contributed by atoms with van der Waals surface area (Å²) in [6.07, 6.45) is 0. The average Bonchev–Trinajstić information content (AvgIpc) is 2.52. The van der Waals surface area contributed by atoms with Gasteiger partial charge < -0.3 is 10.4 Å². The molecule has 1 aromatic rings. The van der Waals surface area contributed by atoms with Crippen LogP contribution < -0.4 is 5.32 Å². The van der Waals surface area contributed by atoms with E-state index in [2.05, 4.69) is 17.6 Å². The number of carbonyl (C=O) groups is 1. The molecule has 1 aromatic carbocycles. The number of nitrogens with one attached hydrogen (secondary N) is 1. The van der Waals surface area contributed by atoms with Gasteiger partial charge in [0.1, 0.15) is 0 Å². The van der Waals surface area contributed by atoms with Crippen LogP contribution in [0.15, 0.2) is 42.1 Å². The molecular weight excluding hydrogens is 190 g/mol. The van der Waals surface area contributed by atoms with Gasteiger partial charge in [-0.1, -0.05) is 24.8 Å². The maximum absolute atomic E-state index is 11.7. The van der Waals surface area contributed by atoms with Crippen LogP contribution in [0.4, 0.5) is 5.69 Å². The smallest absolute Gasteiger partial charge is 0.266 e. The van der Waals surface area contributed by atoms with Crippen LogP contribution in [0.2, 0.25) is 0 Å². The first-order valence-electron chi connectivity index (χ1n) is 4.61. The maximum Gasteiger partial charge on any atom is 0.266 e. The van der Waals surface area contributed by atoms with Crippen molar-refractivity contribution in [3.63, 3.8) is 0 Å². The molecule has 0 aromatic heterocycles. The molecule has 1 heterocycles. The van der Waals surface area contributed by atoms with Crippen LogP contribution in [0.1, 0.15) is 12.5 Å². The summed E-state index contributed by atoms with van der Waals surface area (Å²) >= 11 is 0. The molecule has 76 valence electrons. The molecule has 0 bridgehead atoms. The van der Waals surface area contributed by atoms with E-state index in [1.54, 1.807) is 31.2 Å². The number of para-hydroxylation sites is 1. The number of amides is 1. The van der Waals surface area contributed by atoms with Gasteiger partial charge in [-0.15, -0.1) is 5.73 Å². The Morgan fingerprint density at radius 3 is 2.87 bits per heavy atom. The lowest BCUT2D eigenvalue weighted by molar-refractivity contribution is -0.130. The Bertz CT molecular complexity index is 486. The lowest BCUT2D eigenvalue weighted by Crippen LogP contribution is -2.35. The summed E-state index contributed by atoms with van der Waals surface area (Å²) in [5.74, 6) is -0.447. The standard InChI is InChI=1S/C12H11NO2/c1-3-8(2)12(15)9-6-4-5-7-10(9)13-11(12)14/h4-7,15H,1H2,2H3,(H,13,14). The van der Waals surface area contributed by atoms with Crippen LogP contribution in [0.25, 0.3) is 0 Å². The first-order valence-corrected chi connectivity index (χ1v) is 4.61. The predicted molar refractivity (Wildman–Crippen MR) is 57.3 cm³/mol. The number of rotatable bonds is 1. The molecule has 0 saturated heterocycles. The van der Waals surface area contributed by atoms with E-state index < -0.39 is 11.5 Å². The number of fused-ring (bicyclic) bond motifs is 1. The summed E-state index contributed by atoms with van der Waals surface area (Å²) in [5, 5.41) is 13.0. The molecule has 1 aliphatic rings. The highest BCUT2D eigenvalue weighted by molar-refractivity contribution is 6.06. The molecule has 0 spiro atoms. The summed E-state index contributed by atoms with van der Waals surface area (Å²) in [6, 6.07) is 7.05. The molecule has 15 heavy (non-hydrogen) atoms. The number of hydrogen-bond acceptors (Lipinski definition) is 2. The maximum atomic E-state index is 11.7. The normalized spacial score (nSPS) is 22.9. The molecule has 3 heteroatoms. The van der Waals surface area contributed by atoms with Crippen molar-refractivity contribution in [3.8, 4) is 0 Å². The molecule has 0 aliphatic carbocycles. The number of benzene rings is 1. The van der Waals surface area contributed by atoms with Crippen LogP contribution in [0.3, 0.4) is 0 Å². The number of anilines is 1. The van der Waals surface area contributed by atoms with Crippen molar-refractivity contribution in [1.82, 2.24) is 0 Å². The Labute approximate surface area is 87.7 Å². The molecule has 0 saturated carbocycles. The Balaban J connectivity index is 2.69. The van der Waals surface area contributed by atoms with Gasteiger partial charge in [0.05, 0.1) is 0 Å². The van der Waals surface area contributed by atoms with E-state index in [1.807, 2.05) is 0 Å². The Morgan fingerprint density at radius 2 is 2.20 bits per heavy atom. The Morgan fingerprint density at radius 1 is 1.53 bits per heavy atom. The van der Waals surface area contributed by atoms with Crippen molar-refractivity contribution in [2.75, 3.05) is 5.32 Å². The van der Waals surface area contributed by atoms with Crippen LogP contribution in [0, 0.1) is 0 Å². The van der Waals surface area contributed by atoms with Crippen LogP contribution >= 0.6 is 0 Å². The van der Waals surface area contributed by atoms with E-state index in [9.17, 15) is 9.90 Å². The van der Waals surface area contributed by atoms with E-state index in [0.29, 0.717) is 16.8 Å². The third-order valence-corrected chi connectivity index (χ3v) is 2.70. The first kappa shape index (κ1) is 9.71. The quantitative estimate of drug-likeness (QED) is 0.677. The molecule has 1 amide bonds. The van der Waals surface area contributed by atoms with E-state index >= 15 is 0 Å². The lowest BCUT2D eigenvalue weighted by atomic mass is 9.89. The molecule has 1 aliphatic heterocycles. The van der Waals surface area contributed by atoms with Gasteiger partial charge in [0.2, 0.25) is 0 Å². The third kappa shape index (κ3) is 1.14. The van der Waals surface area contributed by atoms with E-state index in [0.717, 1.165) is 0 Å². The monoisotopic (exact) mass is 201 g/mol. The summed E-state index contributed by atoms with van der Waals surface area (Å²) in [5.41, 5.74) is 2.57. The summed E-state index contributed by atoms with van der Waals surface area (Å²) in [7, 11) is 0. The van der Waals surface area contributed by atoms with Gasteiger partial charge in [-0.05, 0) is 13.0 Å². The molecule has 2 rings (SSSR count). The summed E-state index contributed by atoms with van der Waals surface area (Å²) in [6.45, 7) is 5.09. The van der Waals surface area contributed by atoms with Gasteiger partial charge in [0, 0.05) is 16.8 Å². The van der Waals surface area contributed by atoms with Crippen molar-refractivity contribution in [1.29, 1.82) is 0 Å². The molecule has 0 radical (unpaired) electrons. The minimum Gasteiger partial charge on any atom is -0.371 e. The van der Waals surface area contributed by atoms with Gasteiger partial charge in [-0.3, -0.25) is 4.79 Å². The predicted octanol–water partition coefficient (Wildman–Crippen LogP) is 1.56. The fourth-order valence-corrected chi connectivity index (χ4v) is 1.74. The number of carbonyl (C=O) groups excluding carboxylic acids is 1. The zero-order valence-electron chi connectivity index (χ0n) is 8.37. The SMILES string of the molecule is C=C=C(C)C1(O)C(=O)Nc2ccccc21. The number of hydrogen-bond donors (Lipinski definition) is 2. The molecular formula is C12H11NO2. The minimum absolute atomic E-state index is 0.407. The van der Waals surface area contributed by atoms with Gasteiger partial charge in [-0.25, -0.2) is 0 Å². The van der Waals surface area contributed by atoms with Crippen molar-refractivity contribution in [3.05, 3.63) is 47.7 Å². The van der Waals surface area contributed by atoms with Gasteiger partial charge in [0.15, 0.2) is 5.60 Å². The van der Waals surface area contributed by atoms with Crippen molar-refractivity contribution in [2.24, 2.45) is 0 Å². The highest BCUT2D eigenvalue weighted by Gasteiger charge is 2.46. The molecule has 3 nitrogen and oxygen atoms in total. The van der Waals surface area contributed by atoms with E-state index in [4.69, 9.17) is 0 Å². The molecule has 0 fully saturated rings. The van der Waals surface area contributed by atoms with Crippen LogP contribution in [-0.2, 0) is 10.4 Å². The fourth-order valence-electron chi connectivity index (χ4n) is 1.74. The summed E-state index contributed by atoms with van der Waals surface area (Å²) < 4.78 is 0. The second-order valence-corrected chi connectivity index (χ2v) is 3.51. The Kier molecular flexibility index (Phi) is 2.00. The van der Waals surface area contributed by atoms with E-state index in [-0.39, 0.29) is 0 Å². The molecule has 1 atom stereocenters. The highest BCUT2D eigenvalue weighted by atomic mass is 16.3. The second-order valence-electron chi connectivity index (χ2n) is 3.51. The Hall–Kier alpha value is -1.83. The van der Waals surface area contributed by atoms with Crippen LogP contribution in [-0.4, -0.2) is 11.0 Å². The van der Waals surface area contributed by atoms with Crippen molar-refractivity contribution < 1.29 is 9.90 Å². The van der Waals surface area contributed by atoms with Crippen molar-refractivity contribution >= 4 is 11.6 Å². The second kappa shape index (κ2) is 3.09. The molecule has 2 N–H and O–H groups in total. The van der Waals surface area contributed by atoms with Crippen molar-refractivity contribution in [2.45, 2.75) is 12.5 Å². The average molecular weight is 201 g/mol. The fraction of sp³-hybridized carbons (Fsp3) is 0.167. The number of aliphatic hydroxyl groups is 1.